The Bertz CT molecular complexity index is 1180. The van der Waals surface area contributed by atoms with Crippen LogP contribution in [0.3, 0.4) is 0 Å². The van der Waals surface area contributed by atoms with Crippen molar-refractivity contribution in [1.82, 2.24) is 20.1 Å². The molecule has 0 fully saturated rings. The molecule has 2 N–H and O–H groups in total. The van der Waals surface area contributed by atoms with Gasteiger partial charge in [0.25, 0.3) is 0 Å². The number of amides is 2. The molecule has 0 aliphatic rings. The summed E-state index contributed by atoms with van der Waals surface area (Å²) < 4.78 is 11.5. The molecule has 3 rings (SSSR count). The van der Waals surface area contributed by atoms with Crippen molar-refractivity contribution in [3.8, 4) is 5.75 Å². The smallest absolute Gasteiger partial charge is 0.337 e. The highest BCUT2D eigenvalue weighted by Gasteiger charge is 2.18. The number of hydrogen-bond donors (Lipinski definition) is 2. The molecular formula is C24H27N5O5S. The largest absolute Gasteiger partial charge is 0.497 e. The Kier molecular flexibility index (Phi) is 8.85. The van der Waals surface area contributed by atoms with Gasteiger partial charge in [-0.15, -0.1) is 10.2 Å². The van der Waals surface area contributed by atoms with Gasteiger partial charge in [-0.05, 0) is 48.9 Å². The molecule has 2 aromatic carbocycles. The summed E-state index contributed by atoms with van der Waals surface area (Å²) in [6.45, 7) is 1.83. The quantitative estimate of drug-likeness (QED) is 0.324. The van der Waals surface area contributed by atoms with Gasteiger partial charge in [0, 0.05) is 12.7 Å². The number of methoxy groups -OCH3 is 2. The van der Waals surface area contributed by atoms with Crippen LogP contribution in [0.2, 0.25) is 0 Å². The van der Waals surface area contributed by atoms with Crippen molar-refractivity contribution >= 4 is 35.2 Å². The first-order chi connectivity index (χ1) is 16.8. The molecule has 1 atom stereocenters. The second-order valence-electron chi connectivity index (χ2n) is 7.62. The van der Waals surface area contributed by atoms with Crippen molar-refractivity contribution in [3.05, 3.63) is 65.5 Å². The average Bonchev–Trinajstić information content (AvgIpc) is 3.23. The molecule has 0 radical (unpaired) electrons. The molecule has 1 heterocycles. The number of thioether (sulfide) groups is 1. The van der Waals surface area contributed by atoms with Gasteiger partial charge in [0.1, 0.15) is 5.75 Å². The summed E-state index contributed by atoms with van der Waals surface area (Å²) in [4.78, 5) is 36.3. The van der Waals surface area contributed by atoms with E-state index in [1.807, 2.05) is 31.2 Å². The van der Waals surface area contributed by atoms with Gasteiger partial charge in [0.2, 0.25) is 11.8 Å². The fraction of sp³-hybridized carbons (Fsp3) is 0.292. The first-order valence-corrected chi connectivity index (χ1v) is 11.7. The van der Waals surface area contributed by atoms with Gasteiger partial charge < -0.3 is 24.7 Å². The Hall–Kier alpha value is -3.86. The Morgan fingerprint density at radius 2 is 1.69 bits per heavy atom. The highest BCUT2D eigenvalue weighted by atomic mass is 32.2. The highest BCUT2D eigenvalue weighted by Crippen LogP contribution is 2.20. The third-order valence-electron chi connectivity index (χ3n) is 5.08. The minimum atomic E-state index is -0.442. The molecule has 0 aliphatic heterocycles. The maximum atomic E-state index is 12.4. The second-order valence-corrected chi connectivity index (χ2v) is 8.56. The first-order valence-electron chi connectivity index (χ1n) is 10.7. The van der Waals surface area contributed by atoms with Crippen LogP contribution in [0.1, 0.15) is 34.7 Å². The van der Waals surface area contributed by atoms with E-state index in [1.165, 1.54) is 18.9 Å². The monoisotopic (exact) mass is 497 g/mol. The van der Waals surface area contributed by atoms with E-state index < -0.39 is 5.97 Å². The summed E-state index contributed by atoms with van der Waals surface area (Å²) in [5.41, 5.74) is 1.84. The zero-order chi connectivity index (χ0) is 25.4. The topological polar surface area (TPSA) is 124 Å². The Morgan fingerprint density at radius 3 is 2.31 bits per heavy atom. The summed E-state index contributed by atoms with van der Waals surface area (Å²) in [6.07, 6.45) is 0.231. The maximum Gasteiger partial charge on any atom is 0.337 e. The SMILES string of the molecule is COC(=O)c1ccc(NC(=O)CSc2nnc([C@H](C)NC(=O)Cc3ccc(OC)cc3)n2C)cc1. The molecule has 3 aromatic rings. The van der Waals surface area contributed by atoms with Crippen LogP contribution in [0.5, 0.6) is 5.75 Å². The lowest BCUT2D eigenvalue weighted by molar-refractivity contribution is -0.121. The van der Waals surface area contributed by atoms with E-state index in [4.69, 9.17) is 4.74 Å². The highest BCUT2D eigenvalue weighted by molar-refractivity contribution is 7.99. The average molecular weight is 498 g/mol. The van der Waals surface area contributed by atoms with Gasteiger partial charge >= 0.3 is 5.97 Å². The molecular weight excluding hydrogens is 470 g/mol. The third kappa shape index (κ3) is 7.06. The minimum Gasteiger partial charge on any atom is -0.497 e. The van der Waals surface area contributed by atoms with Gasteiger partial charge in [0.05, 0.1) is 38.0 Å². The number of rotatable bonds is 10. The van der Waals surface area contributed by atoms with E-state index in [9.17, 15) is 14.4 Å². The van der Waals surface area contributed by atoms with E-state index in [-0.39, 0.29) is 30.0 Å². The maximum absolute atomic E-state index is 12.4. The van der Waals surface area contributed by atoms with Crippen LogP contribution in [0.15, 0.2) is 53.7 Å². The molecule has 0 saturated carbocycles. The molecule has 11 heteroatoms. The number of nitrogens with zero attached hydrogens (tertiary/aromatic N) is 3. The lowest BCUT2D eigenvalue weighted by atomic mass is 10.1. The predicted octanol–water partition coefficient (Wildman–Crippen LogP) is 2.76. The molecule has 0 aliphatic carbocycles. The number of hydrogen-bond acceptors (Lipinski definition) is 8. The van der Waals surface area contributed by atoms with E-state index >= 15 is 0 Å². The fourth-order valence-electron chi connectivity index (χ4n) is 3.25. The number of benzene rings is 2. The summed E-state index contributed by atoms with van der Waals surface area (Å²) in [5.74, 6) is 0.612. The van der Waals surface area contributed by atoms with Crippen molar-refractivity contribution < 1.29 is 23.9 Å². The zero-order valence-electron chi connectivity index (χ0n) is 19.9. The van der Waals surface area contributed by atoms with Crippen LogP contribution in [0, 0.1) is 0 Å². The van der Waals surface area contributed by atoms with Gasteiger partial charge in [-0.3, -0.25) is 9.59 Å². The third-order valence-corrected chi connectivity index (χ3v) is 6.10. The van der Waals surface area contributed by atoms with Crippen molar-refractivity contribution in [3.63, 3.8) is 0 Å². The number of esters is 1. The predicted molar refractivity (Wildman–Crippen MR) is 131 cm³/mol. The van der Waals surface area contributed by atoms with Crippen LogP contribution < -0.4 is 15.4 Å². The van der Waals surface area contributed by atoms with Crippen LogP contribution >= 0.6 is 11.8 Å². The normalized spacial score (nSPS) is 11.4. The van der Waals surface area contributed by atoms with E-state index in [0.717, 1.165) is 11.3 Å². The van der Waals surface area contributed by atoms with Crippen molar-refractivity contribution in [1.29, 1.82) is 0 Å². The Labute approximate surface area is 207 Å². The van der Waals surface area contributed by atoms with Crippen molar-refractivity contribution in [2.75, 3.05) is 25.3 Å². The molecule has 0 spiro atoms. The summed E-state index contributed by atoms with van der Waals surface area (Å²) in [7, 11) is 4.69. The number of nitrogens with one attached hydrogen (secondary N) is 2. The molecule has 35 heavy (non-hydrogen) atoms. The molecule has 10 nitrogen and oxygen atoms in total. The van der Waals surface area contributed by atoms with Crippen molar-refractivity contribution in [2.45, 2.75) is 24.5 Å². The number of carbonyl (C=O) groups is 3. The second kappa shape index (κ2) is 12.0. The zero-order valence-corrected chi connectivity index (χ0v) is 20.7. The fourth-order valence-corrected chi connectivity index (χ4v) is 3.97. The Balaban J connectivity index is 1.50. The van der Waals surface area contributed by atoms with Gasteiger partial charge in [-0.25, -0.2) is 4.79 Å². The number of ether oxygens (including phenoxy) is 2. The lowest BCUT2D eigenvalue weighted by Crippen LogP contribution is -2.29. The molecule has 0 saturated heterocycles. The van der Waals surface area contributed by atoms with E-state index in [1.54, 1.807) is 43.0 Å². The summed E-state index contributed by atoms with van der Waals surface area (Å²) in [5, 5.41) is 14.6. The summed E-state index contributed by atoms with van der Waals surface area (Å²) in [6, 6.07) is 13.4. The summed E-state index contributed by atoms with van der Waals surface area (Å²) >= 11 is 1.23. The first kappa shape index (κ1) is 25.8. The molecule has 184 valence electrons. The molecule has 2 amide bonds. The standard InChI is InChI=1S/C24H27N5O5S/c1-15(25-20(30)13-16-5-11-19(33-3)12-6-16)22-27-28-24(29(22)2)35-14-21(31)26-18-9-7-17(8-10-18)23(32)34-4/h5-12,15H,13-14H2,1-4H3,(H,25,30)(H,26,31)/t15-/m0/s1. The lowest BCUT2D eigenvalue weighted by Gasteiger charge is -2.14. The van der Waals surface area contributed by atoms with Crippen molar-refractivity contribution in [2.24, 2.45) is 7.05 Å². The van der Waals surface area contributed by atoms with Gasteiger partial charge in [-0.1, -0.05) is 23.9 Å². The molecule has 0 unspecified atom stereocenters. The molecule has 1 aromatic heterocycles. The van der Waals surface area contributed by atoms with Crippen LogP contribution in [-0.2, 0) is 27.8 Å². The number of aromatic nitrogens is 3. The Morgan fingerprint density at radius 1 is 1.00 bits per heavy atom. The van der Waals surface area contributed by atoms with Crippen LogP contribution in [-0.4, -0.2) is 52.5 Å². The van der Waals surface area contributed by atoms with Crippen LogP contribution in [0.4, 0.5) is 5.69 Å². The molecule has 0 bridgehead atoms. The minimum absolute atomic E-state index is 0.114. The van der Waals surface area contributed by atoms with E-state index in [2.05, 4.69) is 25.6 Å². The number of anilines is 1. The number of carbonyl (C=O) groups excluding carboxylic acids is 3. The van der Waals surface area contributed by atoms with Crippen LogP contribution in [0.25, 0.3) is 0 Å². The van der Waals surface area contributed by atoms with Gasteiger partial charge in [0.15, 0.2) is 11.0 Å². The van der Waals surface area contributed by atoms with E-state index in [0.29, 0.717) is 22.2 Å². The van der Waals surface area contributed by atoms with Gasteiger partial charge in [-0.2, -0.15) is 0 Å².